The van der Waals surface area contributed by atoms with Crippen LogP contribution in [0.15, 0.2) is 48.8 Å². The highest BCUT2D eigenvalue weighted by Crippen LogP contribution is 2.38. The number of benzene rings is 1. The Hall–Kier alpha value is -2.07. The molecule has 2 aliphatic heterocycles. The Labute approximate surface area is 137 Å². The van der Waals surface area contributed by atoms with Gasteiger partial charge in [-0.3, -0.25) is 9.88 Å². The molecule has 4 nitrogen and oxygen atoms in total. The summed E-state index contributed by atoms with van der Waals surface area (Å²) in [6.07, 6.45) is 8.57. The summed E-state index contributed by atoms with van der Waals surface area (Å²) in [5, 5.41) is 3.64. The number of fused-ring (bicyclic) bond motifs is 2. The molecule has 3 heterocycles. The first-order chi connectivity index (χ1) is 11.3. The number of aromatic nitrogens is 1. The van der Waals surface area contributed by atoms with Crippen molar-refractivity contribution in [3.63, 3.8) is 0 Å². The van der Waals surface area contributed by atoms with E-state index in [4.69, 9.17) is 5.73 Å². The summed E-state index contributed by atoms with van der Waals surface area (Å²) < 4.78 is 0. The summed E-state index contributed by atoms with van der Waals surface area (Å²) in [6.45, 7) is 1.08. The summed E-state index contributed by atoms with van der Waals surface area (Å²) in [5.74, 6) is 0. The fourth-order valence-corrected chi connectivity index (χ4v) is 4.20. The Morgan fingerprint density at radius 1 is 1.09 bits per heavy atom. The number of nitrogen functional groups attached to an aromatic ring is 1. The van der Waals surface area contributed by atoms with Crippen LogP contribution in [0.3, 0.4) is 0 Å². The van der Waals surface area contributed by atoms with Crippen LogP contribution in [0.5, 0.6) is 0 Å². The zero-order valence-corrected chi connectivity index (χ0v) is 13.4. The molecule has 2 aromatic rings. The van der Waals surface area contributed by atoms with Crippen LogP contribution in [-0.4, -0.2) is 28.0 Å². The molecule has 4 heteroatoms. The van der Waals surface area contributed by atoms with Gasteiger partial charge in [-0.15, -0.1) is 0 Å². The number of nitrogens with zero attached hydrogens (tertiary/aromatic N) is 2. The van der Waals surface area contributed by atoms with Crippen molar-refractivity contribution in [3.05, 3.63) is 54.4 Å². The number of hydrogen-bond donors (Lipinski definition) is 2. The number of piperidine rings is 1. The molecule has 2 atom stereocenters. The van der Waals surface area contributed by atoms with Gasteiger partial charge >= 0.3 is 0 Å². The SMILES string of the molecule is Nc1cnccc1NC1CC2CCC(C1)N2Cc1ccccc1. The van der Waals surface area contributed by atoms with Gasteiger partial charge in [0.1, 0.15) is 0 Å². The minimum Gasteiger partial charge on any atom is -0.396 e. The molecule has 2 bridgehead atoms. The van der Waals surface area contributed by atoms with Crippen molar-refractivity contribution in [2.75, 3.05) is 11.1 Å². The van der Waals surface area contributed by atoms with E-state index < -0.39 is 0 Å². The quantitative estimate of drug-likeness (QED) is 0.910. The van der Waals surface area contributed by atoms with Crippen LogP contribution in [-0.2, 0) is 6.54 Å². The molecule has 1 aromatic heterocycles. The molecular weight excluding hydrogens is 284 g/mol. The van der Waals surface area contributed by atoms with Crippen molar-refractivity contribution in [2.45, 2.75) is 50.4 Å². The Morgan fingerprint density at radius 3 is 2.52 bits per heavy atom. The monoisotopic (exact) mass is 308 g/mol. The van der Waals surface area contributed by atoms with Gasteiger partial charge in [0.2, 0.25) is 0 Å². The van der Waals surface area contributed by atoms with Crippen LogP contribution in [0.2, 0.25) is 0 Å². The van der Waals surface area contributed by atoms with Crippen LogP contribution < -0.4 is 11.1 Å². The normalized spacial score (nSPS) is 27.0. The average Bonchev–Trinajstić information content (AvgIpc) is 2.81. The molecule has 3 N–H and O–H groups in total. The molecule has 2 aliphatic rings. The molecule has 0 amide bonds. The fraction of sp³-hybridized carbons (Fsp3) is 0.421. The van der Waals surface area contributed by atoms with Gasteiger partial charge in [-0.1, -0.05) is 30.3 Å². The molecule has 120 valence electrons. The van der Waals surface area contributed by atoms with Crippen molar-refractivity contribution in [3.8, 4) is 0 Å². The topological polar surface area (TPSA) is 54.2 Å². The van der Waals surface area contributed by atoms with E-state index in [-0.39, 0.29) is 0 Å². The van der Waals surface area contributed by atoms with Gasteiger partial charge in [0.25, 0.3) is 0 Å². The minimum atomic E-state index is 0.518. The lowest BCUT2D eigenvalue weighted by atomic mass is 9.96. The lowest BCUT2D eigenvalue weighted by molar-refractivity contribution is 0.124. The third-order valence-corrected chi connectivity index (χ3v) is 5.30. The Balaban J connectivity index is 1.43. The van der Waals surface area contributed by atoms with Crippen LogP contribution >= 0.6 is 0 Å². The van der Waals surface area contributed by atoms with Crippen LogP contribution in [0.25, 0.3) is 0 Å². The first-order valence-corrected chi connectivity index (χ1v) is 8.55. The summed E-state index contributed by atoms with van der Waals surface area (Å²) in [5.41, 5.74) is 9.21. The zero-order valence-electron chi connectivity index (χ0n) is 13.4. The molecule has 0 spiro atoms. The molecule has 1 aromatic carbocycles. The van der Waals surface area contributed by atoms with E-state index in [1.165, 1.54) is 31.2 Å². The van der Waals surface area contributed by atoms with Gasteiger partial charge in [-0.2, -0.15) is 0 Å². The standard InChI is InChI=1S/C19H24N4/c20-18-12-21-9-8-19(18)22-15-10-16-6-7-17(11-15)23(16)13-14-4-2-1-3-5-14/h1-5,8-9,12,15-17H,6-7,10-11,13,20H2,(H,21,22). The number of nitrogens with one attached hydrogen (secondary N) is 1. The molecule has 2 fully saturated rings. The van der Waals surface area contributed by atoms with Crippen molar-refractivity contribution in [1.82, 2.24) is 9.88 Å². The molecule has 2 saturated heterocycles. The van der Waals surface area contributed by atoms with Gasteiger partial charge in [0, 0.05) is 30.9 Å². The first kappa shape index (κ1) is 14.5. The summed E-state index contributed by atoms with van der Waals surface area (Å²) in [7, 11) is 0. The van der Waals surface area contributed by atoms with Crippen molar-refractivity contribution in [1.29, 1.82) is 0 Å². The largest absolute Gasteiger partial charge is 0.396 e. The van der Waals surface area contributed by atoms with E-state index in [1.807, 2.05) is 6.07 Å². The third-order valence-electron chi connectivity index (χ3n) is 5.30. The molecular formula is C19H24N4. The van der Waals surface area contributed by atoms with Gasteiger partial charge < -0.3 is 11.1 Å². The highest BCUT2D eigenvalue weighted by atomic mass is 15.2. The van der Waals surface area contributed by atoms with Gasteiger partial charge in [-0.25, -0.2) is 0 Å². The fourth-order valence-electron chi connectivity index (χ4n) is 4.20. The predicted octanol–water partition coefficient (Wildman–Crippen LogP) is 3.27. The van der Waals surface area contributed by atoms with E-state index in [0.717, 1.165) is 17.9 Å². The number of pyridine rings is 1. The second kappa shape index (κ2) is 6.20. The Kier molecular flexibility index (Phi) is 3.92. The van der Waals surface area contributed by atoms with E-state index >= 15 is 0 Å². The smallest absolute Gasteiger partial charge is 0.0736 e. The van der Waals surface area contributed by atoms with Gasteiger partial charge in [-0.05, 0) is 37.3 Å². The summed E-state index contributed by atoms with van der Waals surface area (Å²) >= 11 is 0. The highest BCUT2D eigenvalue weighted by molar-refractivity contribution is 5.64. The highest BCUT2D eigenvalue weighted by Gasteiger charge is 2.40. The molecule has 4 rings (SSSR count). The predicted molar refractivity (Wildman–Crippen MR) is 94.1 cm³/mol. The van der Waals surface area contributed by atoms with Crippen molar-refractivity contribution in [2.24, 2.45) is 0 Å². The van der Waals surface area contributed by atoms with Crippen molar-refractivity contribution >= 4 is 11.4 Å². The third kappa shape index (κ3) is 3.04. The van der Waals surface area contributed by atoms with Crippen LogP contribution in [0.1, 0.15) is 31.2 Å². The Morgan fingerprint density at radius 2 is 1.83 bits per heavy atom. The zero-order chi connectivity index (χ0) is 15.6. The number of nitrogens with two attached hydrogens (primary N) is 1. The molecule has 0 aliphatic carbocycles. The molecule has 0 radical (unpaired) electrons. The van der Waals surface area contributed by atoms with Crippen LogP contribution in [0.4, 0.5) is 11.4 Å². The van der Waals surface area contributed by atoms with E-state index in [1.54, 1.807) is 12.4 Å². The number of hydrogen-bond acceptors (Lipinski definition) is 4. The average molecular weight is 308 g/mol. The number of rotatable bonds is 4. The van der Waals surface area contributed by atoms with Crippen molar-refractivity contribution < 1.29 is 0 Å². The van der Waals surface area contributed by atoms with E-state index in [2.05, 4.69) is 45.5 Å². The second-order valence-electron chi connectivity index (χ2n) is 6.82. The van der Waals surface area contributed by atoms with Crippen LogP contribution in [0, 0.1) is 0 Å². The van der Waals surface area contributed by atoms with E-state index in [9.17, 15) is 0 Å². The molecule has 0 saturated carbocycles. The van der Waals surface area contributed by atoms with Gasteiger partial charge in [0.15, 0.2) is 0 Å². The Bertz CT molecular complexity index is 643. The number of anilines is 2. The molecule has 23 heavy (non-hydrogen) atoms. The lowest BCUT2D eigenvalue weighted by Gasteiger charge is -2.39. The summed E-state index contributed by atoms with van der Waals surface area (Å²) in [4.78, 5) is 6.78. The first-order valence-electron chi connectivity index (χ1n) is 8.55. The second-order valence-corrected chi connectivity index (χ2v) is 6.82. The molecule has 2 unspecified atom stereocenters. The maximum Gasteiger partial charge on any atom is 0.0736 e. The maximum atomic E-state index is 6.02. The van der Waals surface area contributed by atoms with Gasteiger partial charge in [0.05, 0.1) is 17.6 Å². The maximum absolute atomic E-state index is 6.02. The minimum absolute atomic E-state index is 0.518. The van der Waals surface area contributed by atoms with E-state index in [0.29, 0.717) is 18.1 Å². The summed E-state index contributed by atoms with van der Waals surface area (Å²) in [6, 6.07) is 14.7. The lowest BCUT2D eigenvalue weighted by Crippen LogP contribution is -2.46.